The van der Waals surface area contributed by atoms with Gasteiger partial charge in [-0.3, -0.25) is 10.1 Å². The number of ether oxygens (including phenoxy) is 3. The maximum atomic E-state index is 13.6. The zero-order chi connectivity index (χ0) is 27.4. The van der Waals surface area contributed by atoms with Crippen molar-refractivity contribution < 1.29 is 28.6 Å². The van der Waals surface area contributed by atoms with Gasteiger partial charge in [-0.05, 0) is 48.9 Å². The summed E-state index contributed by atoms with van der Waals surface area (Å²) < 4.78 is 17.2. The first-order valence-electron chi connectivity index (χ1n) is 12.5. The molecule has 2 aliphatic rings. The highest BCUT2D eigenvalue weighted by atomic mass is 16.5. The van der Waals surface area contributed by atoms with E-state index < -0.39 is 12.1 Å². The van der Waals surface area contributed by atoms with Crippen molar-refractivity contribution in [3.63, 3.8) is 0 Å². The first-order valence-corrected chi connectivity index (χ1v) is 12.5. The number of nitrogens with one attached hydrogen (secondary N) is 1. The van der Waals surface area contributed by atoms with Gasteiger partial charge >= 0.3 is 12.1 Å². The average Bonchev–Trinajstić information content (AvgIpc) is 2.93. The highest BCUT2D eigenvalue weighted by Crippen LogP contribution is 2.37. The second-order valence-electron chi connectivity index (χ2n) is 9.00. The fourth-order valence-electron chi connectivity index (χ4n) is 4.29. The van der Waals surface area contributed by atoms with E-state index in [0.717, 1.165) is 10.5 Å². The minimum absolute atomic E-state index is 0.142. The van der Waals surface area contributed by atoms with Gasteiger partial charge in [0.2, 0.25) is 0 Å². The standard InChI is InChI=1S/C29H28N4O6/c1-20-7-6-8-22(17-20)32-21(2)30-28(35)33(29(32)36)23-11-12-25(39-24-9-4-3-5-10-24)26(18-23)38-19-27(34)31-13-15-37-16-14-31/h3-12,17-18H,2,13-16,19H2,1H3,(H,30,35). The van der Waals surface area contributed by atoms with Crippen molar-refractivity contribution in [3.8, 4) is 17.2 Å². The van der Waals surface area contributed by atoms with Crippen molar-refractivity contribution in [3.05, 3.63) is 90.8 Å². The third kappa shape index (κ3) is 5.70. The summed E-state index contributed by atoms with van der Waals surface area (Å²) in [7, 11) is 0. The van der Waals surface area contributed by atoms with Gasteiger partial charge in [0.25, 0.3) is 5.91 Å². The Morgan fingerprint density at radius 2 is 1.67 bits per heavy atom. The van der Waals surface area contributed by atoms with Crippen molar-refractivity contribution in [1.82, 2.24) is 10.2 Å². The summed E-state index contributed by atoms with van der Waals surface area (Å²) >= 11 is 0. The van der Waals surface area contributed by atoms with Crippen molar-refractivity contribution in [1.29, 1.82) is 0 Å². The zero-order valence-corrected chi connectivity index (χ0v) is 21.5. The number of benzene rings is 3. The summed E-state index contributed by atoms with van der Waals surface area (Å²) in [5.74, 6) is 1.02. The molecule has 5 amide bonds. The van der Waals surface area contributed by atoms with Crippen LogP contribution < -0.4 is 24.6 Å². The van der Waals surface area contributed by atoms with Gasteiger partial charge in [-0.2, -0.15) is 0 Å². The highest BCUT2D eigenvalue weighted by molar-refractivity contribution is 6.22. The number of amides is 5. The monoisotopic (exact) mass is 528 g/mol. The van der Waals surface area contributed by atoms with Crippen LogP contribution in [0.3, 0.4) is 0 Å². The van der Waals surface area contributed by atoms with E-state index in [0.29, 0.717) is 43.5 Å². The molecule has 200 valence electrons. The number of imide groups is 1. The molecule has 3 aromatic carbocycles. The smallest absolute Gasteiger partial charge is 0.343 e. The van der Waals surface area contributed by atoms with Crippen molar-refractivity contribution in [2.45, 2.75) is 6.92 Å². The first kappa shape index (κ1) is 25.8. The SMILES string of the molecule is C=C1NC(=O)N(c2ccc(Oc3ccccc3)c(OCC(=O)N3CCOCC3)c2)C(=O)N1c1cccc(C)c1. The molecule has 2 heterocycles. The van der Waals surface area contributed by atoms with E-state index in [1.807, 2.05) is 43.3 Å². The second-order valence-corrected chi connectivity index (χ2v) is 9.00. The number of morpholine rings is 1. The number of urea groups is 2. The molecule has 0 saturated carbocycles. The molecule has 39 heavy (non-hydrogen) atoms. The summed E-state index contributed by atoms with van der Waals surface area (Å²) in [6, 6.07) is 19.8. The van der Waals surface area contributed by atoms with E-state index in [1.54, 1.807) is 35.2 Å². The molecule has 0 spiro atoms. The van der Waals surface area contributed by atoms with Crippen molar-refractivity contribution in [2.24, 2.45) is 0 Å². The topological polar surface area (TPSA) is 101 Å². The number of carbonyl (C=O) groups is 3. The van der Waals surface area contributed by atoms with Gasteiger partial charge in [0.05, 0.1) is 24.6 Å². The number of nitrogens with zero attached hydrogens (tertiary/aromatic N) is 3. The molecule has 0 radical (unpaired) electrons. The number of aryl methyl sites for hydroxylation is 1. The van der Waals surface area contributed by atoms with Crippen LogP contribution in [0.5, 0.6) is 17.2 Å². The molecule has 2 saturated heterocycles. The van der Waals surface area contributed by atoms with Crippen LogP contribution >= 0.6 is 0 Å². The van der Waals surface area contributed by atoms with E-state index in [2.05, 4.69) is 11.9 Å². The molecule has 2 aliphatic heterocycles. The lowest BCUT2D eigenvalue weighted by atomic mass is 10.2. The summed E-state index contributed by atoms with van der Waals surface area (Å²) in [5, 5.41) is 2.65. The summed E-state index contributed by atoms with van der Waals surface area (Å²) in [6.07, 6.45) is 0. The number of rotatable bonds is 7. The minimum Gasteiger partial charge on any atom is -0.480 e. The Hall–Kier alpha value is -4.83. The lowest BCUT2D eigenvalue weighted by Gasteiger charge is -2.36. The van der Waals surface area contributed by atoms with Gasteiger partial charge in [-0.1, -0.05) is 36.9 Å². The summed E-state index contributed by atoms with van der Waals surface area (Å²) in [5.41, 5.74) is 1.74. The average molecular weight is 529 g/mol. The normalized spacial score (nSPS) is 15.7. The maximum Gasteiger partial charge on any atom is 0.343 e. The number of carbonyl (C=O) groups excluding carboxylic acids is 3. The summed E-state index contributed by atoms with van der Waals surface area (Å²) in [4.78, 5) is 43.3. The predicted octanol–water partition coefficient (Wildman–Crippen LogP) is 4.65. The largest absolute Gasteiger partial charge is 0.480 e. The zero-order valence-electron chi connectivity index (χ0n) is 21.5. The Morgan fingerprint density at radius 3 is 2.41 bits per heavy atom. The molecule has 3 aromatic rings. The Morgan fingerprint density at radius 1 is 0.923 bits per heavy atom. The molecule has 1 N–H and O–H groups in total. The van der Waals surface area contributed by atoms with Crippen LogP contribution in [0.15, 0.2) is 85.2 Å². The fraction of sp³-hybridized carbons (Fsp3) is 0.207. The van der Waals surface area contributed by atoms with Gasteiger partial charge in [0.1, 0.15) is 11.6 Å². The maximum absolute atomic E-state index is 13.6. The molecule has 0 atom stereocenters. The van der Waals surface area contributed by atoms with Crippen LogP contribution in [-0.4, -0.2) is 55.8 Å². The lowest BCUT2D eigenvalue weighted by Crippen LogP contribution is -2.58. The van der Waals surface area contributed by atoms with Crippen LogP contribution in [0.4, 0.5) is 21.0 Å². The highest BCUT2D eigenvalue weighted by Gasteiger charge is 2.37. The van der Waals surface area contributed by atoms with Gasteiger partial charge < -0.3 is 19.1 Å². The molecule has 0 bridgehead atoms. The van der Waals surface area contributed by atoms with E-state index in [9.17, 15) is 14.4 Å². The number of hydrogen-bond donors (Lipinski definition) is 1. The third-order valence-corrected chi connectivity index (χ3v) is 6.24. The molecular weight excluding hydrogens is 500 g/mol. The molecule has 0 unspecified atom stereocenters. The van der Waals surface area contributed by atoms with Crippen LogP contribution in [-0.2, 0) is 9.53 Å². The van der Waals surface area contributed by atoms with E-state index in [-0.39, 0.29) is 29.8 Å². The molecule has 0 aromatic heterocycles. The van der Waals surface area contributed by atoms with E-state index >= 15 is 0 Å². The quantitative estimate of drug-likeness (QED) is 0.479. The molecule has 10 nitrogen and oxygen atoms in total. The molecule has 5 rings (SSSR count). The molecule has 10 heteroatoms. The van der Waals surface area contributed by atoms with Gasteiger partial charge in [0, 0.05) is 19.2 Å². The number of anilines is 2. The predicted molar refractivity (Wildman–Crippen MR) is 145 cm³/mol. The van der Waals surface area contributed by atoms with Crippen LogP contribution in [0.2, 0.25) is 0 Å². The second kappa shape index (κ2) is 11.3. The third-order valence-electron chi connectivity index (χ3n) is 6.24. The van der Waals surface area contributed by atoms with Gasteiger partial charge in [0.15, 0.2) is 18.1 Å². The van der Waals surface area contributed by atoms with E-state index in [4.69, 9.17) is 14.2 Å². The lowest BCUT2D eigenvalue weighted by molar-refractivity contribution is -0.137. The number of para-hydroxylation sites is 1. The van der Waals surface area contributed by atoms with Crippen LogP contribution in [0, 0.1) is 6.92 Å². The Bertz CT molecular complexity index is 1400. The van der Waals surface area contributed by atoms with Crippen LogP contribution in [0.25, 0.3) is 0 Å². The Balaban J connectivity index is 1.45. The summed E-state index contributed by atoms with van der Waals surface area (Å²) in [6.45, 7) is 7.42. The molecule has 2 fully saturated rings. The Kier molecular flexibility index (Phi) is 7.46. The van der Waals surface area contributed by atoms with Crippen molar-refractivity contribution in [2.75, 3.05) is 42.7 Å². The van der Waals surface area contributed by atoms with Crippen molar-refractivity contribution >= 4 is 29.3 Å². The van der Waals surface area contributed by atoms with Crippen LogP contribution in [0.1, 0.15) is 5.56 Å². The molecule has 0 aliphatic carbocycles. The fourth-order valence-corrected chi connectivity index (χ4v) is 4.29. The number of hydrogen-bond acceptors (Lipinski definition) is 6. The Labute approximate surface area is 226 Å². The first-order chi connectivity index (χ1) is 18.9. The van der Waals surface area contributed by atoms with E-state index in [1.165, 1.54) is 11.0 Å². The van der Waals surface area contributed by atoms with Gasteiger partial charge in [-0.15, -0.1) is 0 Å². The van der Waals surface area contributed by atoms with Gasteiger partial charge in [-0.25, -0.2) is 19.4 Å². The minimum atomic E-state index is -0.666. The molecular formula is C29H28N4O6.